The van der Waals surface area contributed by atoms with E-state index in [9.17, 15) is 19.8 Å². The number of aliphatic hydroxyl groups is 2. The molecular weight excluding hydrogens is 268 g/mol. The molecule has 1 aliphatic rings. The van der Waals surface area contributed by atoms with Crippen LogP contribution in [0.2, 0.25) is 0 Å². The summed E-state index contributed by atoms with van der Waals surface area (Å²) in [5, 5.41) is 23.7. The maximum atomic E-state index is 11.5. The molecule has 1 rings (SSSR count). The van der Waals surface area contributed by atoms with Gasteiger partial charge in [0, 0.05) is 12.0 Å². The number of ether oxygens (including phenoxy) is 2. The van der Waals surface area contributed by atoms with Crippen LogP contribution in [0.15, 0.2) is 12.2 Å². The highest BCUT2D eigenvalue weighted by atomic mass is 16.5. The summed E-state index contributed by atoms with van der Waals surface area (Å²) in [6.45, 7) is 5.14. The first-order chi connectivity index (χ1) is 9.40. The Morgan fingerprint density at radius 3 is 2.75 bits per heavy atom. The smallest absolute Gasteiger partial charge is 0.333 e. The molecule has 3 unspecified atom stereocenters. The van der Waals surface area contributed by atoms with Gasteiger partial charge in [0.1, 0.15) is 12.7 Å². The van der Waals surface area contributed by atoms with Crippen molar-refractivity contribution in [3.63, 3.8) is 0 Å². The summed E-state index contributed by atoms with van der Waals surface area (Å²) in [5.41, 5.74) is 0.284. The van der Waals surface area contributed by atoms with Crippen LogP contribution in [0.3, 0.4) is 0 Å². The highest BCUT2D eigenvalue weighted by Crippen LogP contribution is 2.12. The summed E-state index contributed by atoms with van der Waals surface area (Å²) in [6.07, 6.45) is -2.42. The molecule has 0 radical (unpaired) electrons. The molecule has 8 nitrogen and oxygen atoms in total. The lowest BCUT2D eigenvalue weighted by Gasteiger charge is -2.31. The Bertz CT molecular complexity index is 373. The summed E-state index contributed by atoms with van der Waals surface area (Å²) in [4.78, 5) is 22.5. The van der Waals surface area contributed by atoms with E-state index < -0.39 is 30.4 Å². The van der Waals surface area contributed by atoms with Crippen LogP contribution in [0.5, 0.6) is 0 Å². The van der Waals surface area contributed by atoms with Crippen LogP contribution in [-0.2, 0) is 14.3 Å². The largest absolute Gasteiger partial charge is 0.460 e. The molecule has 8 heteroatoms. The van der Waals surface area contributed by atoms with Crippen LogP contribution in [0.1, 0.15) is 13.3 Å². The van der Waals surface area contributed by atoms with Gasteiger partial charge in [-0.3, -0.25) is 0 Å². The minimum absolute atomic E-state index is 0.0197. The van der Waals surface area contributed by atoms with Crippen molar-refractivity contribution >= 4 is 12.0 Å². The van der Waals surface area contributed by atoms with Gasteiger partial charge >= 0.3 is 12.0 Å². The molecule has 0 bridgehead atoms. The number of amides is 2. The first-order valence-electron chi connectivity index (χ1n) is 6.25. The van der Waals surface area contributed by atoms with Gasteiger partial charge in [0.05, 0.1) is 19.3 Å². The molecule has 1 saturated heterocycles. The SMILES string of the molecule is C=C(C)C(=O)OCCNC(=O)NC1OCC(O)CC1O. The molecule has 0 aromatic heterocycles. The average molecular weight is 288 g/mol. The molecule has 0 saturated carbocycles. The van der Waals surface area contributed by atoms with E-state index in [0.29, 0.717) is 0 Å². The zero-order valence-electron chi connectivity index (χ0n) is 11.3. The van der Waals surface area contributed by atoms with Crippen LogP contribution >= 0.6 is 0 Å². The van der Waals surface area contributed by atoms with Crippen molar-refractivity contribution in [2.75, 3.05) is 19.8 Å². The normalized spacial score (nSPS) is 25.6. The van der Waals surface area contributed by atoms with Crippen LogP contribution in [0.25, 0.3) is 0 Å². The summed E-state index contributed by atoms with van der Waals surface area (Å²) in [6, 6.07) is -0.559. The van der Waals surface area contributed by atoms with Crippen molar-refractivity contribution in [1.82, 2.24) is 10.6 Å². The molecular formula is C12H20N2O6. The predicted molar refractivity (Wildman–Crippen MR) is 68.7 cm³/mol. The fourth-order valence-electron chi connectivity index (χ4n) is 1.55. The topological polar surface area (TPSA) is 117 Å². The van der Waals surface area contributed by atoms with Crippen LogP contribution in [0.4, 0.5) is 4.79 Å². The number of hydrogen-bond donors (Lipinski definition) is 4. The number of hydrogen-bond acceptors (Lipinski definition) is 6. The van der Waals surface area contributed by atoms with Crippen LogP contribution in [0, 0.1) is 0 Å². The molecule has 0 aliphatic carbocycles. The van der Waals surface area contributed by atoms with Gasteiger partial charge in [0.15, 0.2) is 6.23 Å². The third-order valence-electron chi connectivity index (χ3n) is 2.57. The van der Waals surface area contributed by atoms with Gasteiger partial charge in [0.25, 0.3) is 0 Å². The second kappa shape index (κ2) is 7.83. The molecule has 4 N–H and O–H groups in total. The number of urea groups is 1. The molecule has 0 spiro atoms. The predicted octanol–water partition coefficient (Wildman–Crippen LogP) is -1.13. The summed E-state index contributed by atoms with van der Waals surface area (Å²) in [5.74, 6) is -0.521. The standard InChI is InChI=1S/C12H20N2O6/c1-7(2)11(17)19-4-3-13-12(18)14-10-9(16)5-8(15)6-20-10/h8-10,15-16H,1,3-6H2,2H3,(H2,13,14,18). The van der Waals surface area contributed by atoms with Crippen molar-refractivity contribution in [3.8, 4) is 0 Å². The molecule has 3 atom stereocenters. The summed E-state index contributed by atoms with van der Waals surface area (Å²) in [7, 11) is 0. The number of rotatable bonds is 5. The Kier molecular flexibility index (Phi) is 6.43. The highest BCUT2D eigenvalue weighted by Gasteiger charge is 2.29. The molecule has 1 fully saturated rings. The molecule has 1 aliphatic heterocycles. The number of carbonyl (C=O) groups is 2. The number of esters is 1. The highest BCUT2D eigenvalue weighted by molar-refractivity contribution is 5.86. The lowest BCUT2D eigenvalue weighted by atomic mass is 10.1. The van der Waals surface area contributed by atoms with Gasteiger partial charge in [-0.05, 0) is 6.92 Å². The third kappa shape index (κ3) is 5.55. The maximum absolute atomic E-state index is 11.5. The Balaban J connectivity index is 2.17. The van der Waals surface area contributed by atoms with Crippen molar-refractivity contribution < 1.29 is 29.3 Å². The Hall–Kier alpha value is -1.64. The Morgan fingerprint density at radius 2 is 2.15 bits per heavy atom. The first kappa shape index (κ1) is 16.4. The van der Waals surface area contributed by atoms with E-state index in [1.54, 1.807) is 0 Å². The molecule has 2 amide bonds. The summed E-state index contributed by atoms with van der Waals surface area (Å²) >= 11 is 0. The van der Waals surface area contributed by atoms with Crippen molar-refractivity contribution in [2.24, 2.45) is 0 Å². The number of nitrogens with one attached hydrogen (secondary N) is 2. The van der Waals surface area contributed by atoms with E-state index in [1.807, 2.05) is 0 Å². The van der Waals surface area contributed by atoms with Gasteiger partial charge < -0.3 is 30.3 Å². The van der Waals surface area contributed by atoms with Gasteiger partial charge in [-0.2, -0.15) is 0 Å². The van der Waals surface area contributed by atoms with Crippen LogP contribution < -0.4 is 10.6 Å². The van der Waals surface area contributed by atoms with E-state index >= 15 is 0 Å². The molecule has 114 valence electrons. The van der Waals surface area contributed by atoms with E-state index in [1.165, 1.54) is 6.92 Å². The Labute approximate surface area is 116 Å². The van der Waals surface area contributed by atoms with E-state index in [0.717, 1.165) is 0 Å². The molecule has 20 heavy (non-hydrogen) atoms. The maximum Gasteiger partial charge on any atom is 0.333 e. The number of carbonyl (C=O) groups excluding carboxylic acids is 2. The minimum atomic E-state index is -0.967. The molecule has 0 aromatic carbocycles. The quantitative estimate of drug-likeness (QED) is 0.289. The van der Waals surface area contributed by atoms with Crippen molar-refractivity contribution in [3.05, 3.63) is 12.2 Å². The fourth-order valence-corrected chi connectivity index (χ4v) is 1.55. The van der Waals surface area contributed by atoms with E-state index in [2.05, 4.69) is 17.2 Å². The zero-order valence-corrected chi connectivity index (χ0v) is 11.3. The number of aliphatic hydroxyl groups excluding tert-OH is 2. The lowest BCUT2D eigenvalue weighted by molar-refractivity contribution is -0.138. The average Bonchev–Trinajstić information content (AvgIpc) is 2.37. The zero-order chi connectivity index (χ0) is 15.1. The second-order valence-electron chi connectivity index (χ2n) is 4.53. The van der Waals surface area contributed by atoms with Crippen LogP contribution in [-0.4, -0.2) is 60.4 Å². The second-order valence-corrected chi connectivity index (χ2v) is 4.53. The summed E-state index contributed by atoms with van der Waals surface area (Å²) < 4.78 is 9.86. The van der Waals surface area contributed by atoms with Gasteiger partial charge in [0.2, 0.25) is 0 Å². The van der Waals surface area contributed by atoms with Crippen molar-refractivity contribution in [2.45, 2.75) is 31.8 Å². The molecule has 1 heterocycles. The van der Waals surface area contributed by atoms with Crippen molar-refractivity contribution in [1.29, 1.82) is 0 Å². The lowest BCUT2D eigenvalue weighted by Crippen LogP contribution is -2.53. The minimum Gasteiger partial charge on any atom is -0.460 e. The van der Waals surface area contributed by atoms with Gasteiger partial charge in [-0.25, -0.2) is 9.59 Å². The third-order valence-corrected chi connectivity index (χ3v) is 2.57. The van der Waals surface area contributed by atoms with Gasteiger partial charge in [-0.15, -0.1) is 0 Å². The van der Waals surface area contributed by atoms with E-state index in [4.69, 9.17) is 9.47 Å². The van der Waals surface area contributed by atoms with E-state index in [-0.39, 0.29) is 31.8 Å². The fraction of sp³-hybridized carbons (Fsp3) is 0.667. The Morgan fingerprint density at radius 1 is 1.45 bits per heavy atom. The monoisotopic (exact) mass is 288 g/mol. The molecule has 0 aromatic rings. The van der Waals surface area contributed by atoms with Gasteiger partial charge in [-0.1, -0.05) is 6.58 Å². The first-order valence-corrected chi connectivity index (χ1v) is 6.25.